The number of carbonyl (C=O) groups is 1. The molecule has 0 atom stereocenters. The number of hydrogen-bond acceptors (Lipinski definition) is 4. The van der Waals surface area contributed by atoms with E-state index in [-0.39, 0.29) is 15.5 Å². The molecular weight excluding hydrogens is 395 g/mol. The Kier molecular flexibility index (Phi) is 4.74. The van der Waals surface area contributed by atoms with Crippen LogP contribution in [0.2, 0.25) is 0 Å². The van der Waals surface area contributed by atoms with Gasteiger partial charge in [0.15, 0.2) is 5.76 Å². The van der Waals surface area contributed by atoms with Crippen molar-refractivity contribution in [1.82, 2.24) is 0 Å². The average molecular weight is 413 g/mol. The van der Waals surface area contributed by atoms with E-state index in [1.54, 1.807) is 0 Å². The minimum absolute atomic E-state index is 0.0798. The fourth-order valence-corrected chi connectivity index (χ4v) is 7.39. The van der Waals surface area contributed by atoms with Crippen LogP contribution in [0.5, 0.6) is 0 Å². The molecule has 1 fully saturated rings. The molecule has 2 aliphatic rings. The third-order valence-corrected chi connectivity index (χ3v) is 8.48. The molecule has 4 rings (SSSR count). The van der Waals surface area contributed by atoms with Crippen LogP contribution in [0.25, 0.3) is 0 Å². The summed E-state index contributed by atoms with van der Waals surface area (Å²) < 4.78 is 45.3. The number of nitrogens with one attached hydrogen (secondary N) is 1. The van der Waals surface area contributed by atoms with Gasteiger partial charge in [-0.05, 0) is 31.9 Å². The number of benzene rings is 1. The van der Waals surface area contributed by atoms with Crippen molar-refractivity contribution < 1.29 is 22.4 Å². The van der Waals surface area contributed by atoms with Crippen molar-refractivity contribution in [2.75, 3.05) is 16.8 Å². The highest BCUT2D eigenvalue weighted by molar-refractivity contribution is 8.20. The standard InChI is InChI=1S/C19H18F3NO2S2/c1-11-15-14(7-4-8-18(15)26-9-10-27-18)25-16(11)17(24)23-13-6-3-2-5-12(13)19(20,21)22/h2-3,5-6H,4,7-10H2,1H3,(H,23,24). The number of fused-ring (bicyclic) bond motifs is 2. The summed E-state index contributed by atoms with van der Waals surface area (Å²) in [5, 5.41) is 2.40. The number of amides is 1. The van der Waals surface area contributed by atoms with Crippen LogP contribution in [-0.2, 0) is 16.7 Å². The van der Waals surface area contributed by atoms with Gasteiger partial charge in [0, 0.05) is 29.1 Å². The summed E-state index contributed by atoms with van der Waals surface area (Å²) in [6.07, 6.45) is -1.78. The number of anilines is 1. The highest BCUT2D eigenvalue weighted by Crippen LogP contribution is 2.59. The number of alkyl halides is 3. The molecule has 1 amide bonds. The molecular formula is C19H18F3NO2S2. The lowest BCUT2D eigenvalue weighted by Gasteiger charge is -2.31. The lowest BCUT2D eigenvalue weighted by Crippen LogP contribution is -2.21. The van der Waals surface area contributed by atoms with Crippen LogP contribution in [0.4, 0.5) is 18.9 Å². The van der Waals surface area contributed by atoms with Gasteiger partial charge in [0.1, 0.15) is 5.76 Å². The van der Waals surface area contributed by atoms with Gasteiger partial charge in [0.05, 0.1) is 15.3 Å². The molecule has 2 aromatic rings. The number of para-hydroxylation sites is 1. The second-order valence-electron chi connectivity index (χ2n) is 6.66. The molecule has 1 aromatic heterocycles. The topological polar surface area (TPSA) is 42.2 Å². The number of thioether (sulfide) groups is 2. The van der Waals surface area contributed by atoms with Gasteiger partial charge in [-0.25, -0.2) is 0 Å². The lowest BCUT2D eigenvalue weighted by atomic mass is 9.94. The summed E-state index contributed by atoms with van der Waals surface area (Å²) in [4.78, 5) is 12.7. The Hall–Kier alpha value is -1.54. The second kappa shape index (κ2) is 6.81. The zero-order chi connectivity index (χ0) is 19.2. The van der Waals surface area contributed by atoms with E-state index in [0.29, 0.717) is 0 Å². The summed E-state index contributed by atoms with van der Waals surface area (Å²) in [7, 11) is 0. The SMILES string of the molecule is Cc1c(C(=O)Nc2ccccc2C(F)(F)F)oc2c1C1(CCC2)SCCS1. The van der Waals surface area contributed by atoms with Crippen LogP contribution < -0.4 is 5.32 Å². The second-order valence-corrected chi connectivity index (χ2v) is 9.70. The molecule has 0 saturated carbocycles. The number of aryl methyl sites for hydroxylation is 1. The zero-order valence-electron chi connectivity index (χ0n) is 14.6. The van der Waals surface area contributed by atoms with Gasteiger partial charge >= 0.3 is 6.18 Å². The number of carbonyl (C=O) groups excluding carboxylic acids is 1. The number of halogens is 3. The van der Waals surface area contributed by atoms with Crippen molar-refractivity contribution in [2.24, 2.45) is 0 Å². The molecule has 1 spiro atoms. The fourth-order valence-electron chi connectivity index (χ4n) is 3.83. The van der Waals surface area contributed by atoms with Crippen molar-refractivity contribution in [2.45, 2.75) is 36.4 Å². The Balaban J connectivity index is 1.68. The molecule has 0 unspecified atom stereocenters. The molecule has 144 valence electrons. The number of rotatable bonds is 2. The summed E-state index contributed by atoms with van der Waals surface area (Å²) in [5.74, 6) is 2.38. The van der Waals surface area contributed by atoms with Crippen LogP contribution in [0.3, 0.4) is 0 Å². The summed E-state index contributed by atoms with van der Waals surface area (Å²) in [6, 6.07) is 4.97. The van der Waals surface area contributed by atoms with E-state index in [0.717, 1.165) is 53.7 Å². The Morgan fingerprint density at radius 1 is 1.22 bits per heavy atom. The van der Waals surface area contributed by atoms with Gasteiger partial charge in [-0.2, -0.15) is 13.2 Å². The highest BCUT2D eigenvalue weighted by atomic mass is 32.2. The van der Waals surface area contributed by atoms with Crippen LogP contribution in [0, 0.1) is 6.92 Å². The molecule has 1 aliphatic carbocycles. The zero-order valence-corrected chi connectivity index (χ0v) is 16.2. The summed E-state index contributed by atoms with van der Waals surface area (Å²) >= 11 is 3.76. The van der Waals surface area contributed by atoms with E-state index >= 15 is 0 Å². The van der Waals surface area contributed by atoms with Gasteiger partial charge in [-0.3, -0.25) is 4.79 Å². The van der Waals surface area contributed by atoms with Crippen molar-refractivity contribution >= 4 is 35.1 Å². The predicted octanol–water partition coefficient (Wildman–Crippen LogP) is 5.83. The lowest BCUT2D eigenvalue weighted by molar-refractivity contribution is -0.136. The molecule has 1 saturated heterocycles. The summed E-state index contributed by atoms with van der Waals surface area (Å²) in [5.41, 5.74) is 0.679. The Labute approximate surface area is 163 Å². The van der Waals surface area contributed by atoms with Crippen molar-refractivity contribution in [3.63, 3.8) is 0 Å². The molecule has 0 radical (unpaired) electrons. The first-order valence-corrected chi connectivity index (χ1v) is 10.7. The summed E-state index contributed by atoms with van der Waals surface area (Å²) in [6.45, 7) is 1.83. The van der Waals surface area contributed by atoms with Crippen molar-refractivity contribution in [3.8, 4) is 0 Å². The smallest absolute Gasteiger partial charge is 0.418 e. The molecule has 0 bridgehead atoms. The monoisotopic (exact) mass is 413 g/mol. The van der Waals surface area contributed by atoms with Crippen molar-refractivity contribution in [3.05, 3.63) is 52.5 Å². The Morgan fingerprint density at radius 3 is 2.63 bits per heavy atom. The number of furan rings is 1. The maximum atomic E-state index is 13.2. The quantitative estimate of drug-likeness (QED) is 0.673. The van der Waals surface area contributed by atoms with Gasteiger partial charge in [0.25, 0.3) is 5.91 Å². The van der Waals surface area contributed by atoms with E-state index in [9.17, 15) is 18.0 Å². The predicted molar refractivity (Wildman–Crippen MR) is 102 cm³/mol. The first-order valence-electron chi connectivity index (χ1n) is 8.70. The molecule has 1 aromatic carbocycles. The molecule has 1 N–H and O–H groups in total. The maximum Gasteiger partial charge on any atom is 0.418 e. The van der Waals surface area contributed by atoms with Crippen LogP contribution in [0.15, 0.2) is 28.7 Å². The largest absolute Gasteiger partial charge is 0.455 e. The minimum atomic E-state index is -4.54. The first kappa shape index (κ1) is 18.8. The Bertz CT molecular complexity index is 886. The minimum Gasteiger partial charge on any atom is -0.455 e. The molecule has 8 heteroatoms. The number of hydrogen-bond donors (Lipinski definition) is 1. The van der Waals surface area contributed by atoms with E-state index in [2.05, 4.69) is 5.32 Å². The van der Waals surface area contributed by atoms with Crippen LogP contribution in [0.1, 0.15) is 45.8 Å². The molecule has 1 aliphatic heterocycles. The van der Waals surface area contributed by atoms with E-state index in [1.165, 1.54) is 18.2 Å². The third-order valence-electron chi connectivity index (χ3n) is 4.95. The molecule has 27 heavy (non-hydrogen) atoms. The van der Waals surface area contributed by atoms with Crippen LogP contribution in [-0.4, -0.2) is 17.4 Å². The molecule has 3 nitrogen and oxygen atoms in total. The van der Waals surface area contributed by atoms with Crippen LogP contribution >= 0.6 is 23.5 Å². The normalized spacial score (nSPS) is 18.5. The van der Waals surface area contributed by atoms with E-state index in [4.69, 9.17) is 4.42 Å². The van der Waals surface area contributed by atoms with Gasteiger partial charge < -0.3 is 9.73 Å². The maximum absolute atomic E-state index is 13.2. The van der Waals surface area contributed by atoms with E-state index < -0.39 is 17.6 Å². The average Bonchev–Trinajstić information content (AvgIpc) is 3.20. The van der Waals surface area contributed by atoms with Gasteiger partial charge in [-0.15, -0.1) is 23.5 Å². The van der Waals surface area contributed by atoms with Gasteiger partial charge in [0.2, 0.25) is 0 Å². The highest BCUT2D eigenvalue weighted by Gasteiger charge is 2.45. The van der Waals surface area contributed by atoms with Crippen molar-refractivity contribution in [1.29, 1.82) is 0 Å². The van der Waals surface area contributed by atoms with Gasteiger partial charge in [-0.1, -0.05) is 12.1 Å². The van der Waals surface area contributed by atoms with E-state index in [1.807, 2.05) is 30.4 Å². The first-order chi connectivity index (χ1) is 12.8. The molecule has 2 heterocycles. The Morgan fingerprint density at radius 2 is 1.93 bits per heavy atom. The fraction of sp³-hybridized carbons (Fsp3) is 0.421. The third kappa shape index (κ3) is 3.27.